The summed E-state index contributed by atoms with van der Waals surface area (Å²) in [4.78, 5) is 14.7. The van der Waals surface area contributed by atoms with Gasteiger partial charge in [-0.15, -0.1) is 23.4 Å². The minimum absolute atomic E-state index is 0.115. The Kier molecular flexibility index (Phi) is 5.18. The molecule has 0 bridgehead atoms. The van der Waals surface area contributed by atoms with Gasteiger partial charge in [-0.1, -0.05) is 45.0 Å². The lowest BCUT2D eigenvalue weighted by Crippen LogP contribution is -2.41. The van der Waals surface area contributed by atoms with Gasteiger partial charge in [0.1, 0.15) is 5.37 Å². The van der Waals surface area contributed by atoms with Crippen LogP contribution in [0.15, 0.2) is 24.3 Å². The molecule has 0 aromatic heterocycles. The second-order valence-electron chi connectivity index (χ2n) is 7.61. The van der Waals surface area contributed by atoms with Gasteiger partial charge in [0.15, 0.2) is 0 Å². The summed E-state index contributed by atoms with van der Waals surface area (Å²) in [6.07, 6.45) is 0. The van der Waals surface area contributed by atoms with Crippen molar-refractivity contribution in [2.75, 3.05) is 18.2 Å². The molecule has 122 valence electrons. The molecule has 1 atom stereocenters. The number of halogens is 1. The van der Waals surface area contributed by atoms with Crippen molar-refractivity contribution in [1.29, 1.82) is 0 Å². The predicted octanol–water partition coefficient (Wildman–Crippen LogP) is 4.82. The van der Waals surface area contributed by atoms with Crippen LogP contribution in [0.2, 0.25) is 0 Å². The number of nitrogens with zero attached hydrogens (tertiary/aromatic N) is 1. The Hall–Kier alpha value is -0.670. The Morgan fingerprint density at radius 2 is 1.82 bits per heavy atom. The SMILES string of the molecule is CC(C)(CCl)C(=O)N1CCSC1c1ccc(C(C)(C)C)cc1. The molecule has 2 rings (SSSR count). The Morgan fingerprint density at radius 1 is 1.23 bits per heavy atom. The maximum Gasteiger partial charge on any atom is 0.230 e. The number of hydrogen-bond acceptors (Lipinski definition) is 2. The first-order valence-electron chi connectivity index (χ1n) is 7.76. The molecule has 1 saturated heterocycles. The van der Waals surface area contributed by atoms with Crippen LogP contribution in [-0.4, -0.2) is 29.0 Å². The number of amides is 1. The Labute approximate surface area is 143 Å². The summed E-state index contributed by atoms with van der Waals surface area (Å²) in [5.41, 5.74) is 2.17. The number of thioether (sulfide) groups is 1. The van der Waals surface area contributed by atoms with E-state index in [2.05, 4.69) is 45.0 Å². The van der Waals surface area contributed by atoms with Gasteiger partial charge in [0.2, 0.25) is 5.91 Å². The summed E-state index contributed by atoms with van der Waals surface area (Å²) in [5.74, 6) is 1.48. The zero-order valence-electron chi connectivity index (χ0n) is 14.1. The van der Waals surface area contributed by atoms with Crippen LogP contribution in [0.4, 0.5) is 0 Å². The summed E-state index contributed by atoms with van der Waals surface area (Å²) in [6, 6.07) is 8.70. The van der Waals surface area contributed by atoms with Crippen molar-refractivity contribution in [3.05, 3.63) is 35.4 Å². The molecule has 0 saturated carbocycles. The zero-order chi connectivity index (χ0) is 16.5. The maximum absolute atomic E-state index is 12.7. The van der Waals surface area contributed by atoms with Crippen LogP contribution < -0.4 is 0 Å². The molecule has 1 fully saturated rings. The Balaban J connectivity index is 2.22. The number of rotatable bonds is 3. The van der Waals surface area contributed by atoms with Gasteiger partial charge in [0.25, 0.3) is 0 Å². The maximum atomic E-state index is 12.7. The van der Waals surface area contributed by atoms with Gasteiger partial charge in [0.05, 0.1) is 5.41 Å². The molecular weight excluding hydrogens is 314 g/mol. The number of carbonyl (C=O) groups is 1. The van der Waals surface area contributed by atoms with Crippen LogP contribution in [0, 0.1) is 5.41 Å². The second kappa shape index (κ2) is 6.45. The molecule has 4 heteroatoms. The number of hydrogen-bond donors (Lipinski definition) is 0. The highest BCUT2D eigenvalue weighted by molar-refractivity contribution is 7.99. The number of carbonyl (C=O) groups excluding carboxylic acids is 1. The van der Waals surface area contributed by atoms with Crippen molar-refractivity contribution in [1.82, 2.24) is 4.90 Å². The average Bonchev–Trinajstić information content (AvgIpc) is 2.94. The van der Waals surface area contributed by atoms with Gasteiger partial charge in [-0.2, -0.15) is 0 Å². The van der Waals surface area contributed by atoms with Crippen LogP contribution in [0.1, 0.15) is 51.1 Å². The van der Waals surface area contributed by atoms with E-state index in [1.807, 2.05) is 30.5 Å². The topological polar surface area (TPSA) is 20.3 Å². The van der Waals surface area contributed by atoms with Crippen molar-refractivity contribution >= 4 is 29.3 Å². The normalized spacial score (nSPS) is 19.5. The first kappa shape index (κ1) is 17.7. The van der Waals surface area contributed by atoms with Gasteiger partial charge < -0.3 is 4.90 Å². The highest BCUT2D eigenvalue weighted by Gasteiger charge is 2.38. The summed E-state index contributed by atoms with van der Waals surface area (Å²) >= 11 is 7.81. The lowest BCUT2D eigenvalue weighted by molar-refractivity contribution is -0.139. The number of benzene rings is 1. The van der Waals surface area contributed by atoms with E-state index in [0.717, 1.165) is 12.3 Å². The summed E-state index contributed by atoms with van der Waals surface area (Å²) < 4.78 is 0. The quantitative estimate of drug-likeness (QED) is 0.735. The molecule has 1 heterocycles. The molecule has 0 spiro atoms. The van der Waals surface area contributed by atoms with E-state index >= 15 is 0 Å². The molecule has 1 aliphatic rings. The first-order valence-corrected chi connectivity index (χ1v) is 9.34. The second-order valence-corrected chi connectivity index (χ2v) is 9.07. The van der Waals surface area contributed by atoms with Gasteiger partial charge in [-0.25, -0.2) is 0 Å². The molecule has 1 aliphatic heterocycles. The third kappa shape index (κ3) is 3.62. The smallest absolute Gasteiger partial charge is 0.230 e. The van der Waals surface area contributed by atoms with Crippen LogP contribution in [-0.2, 0) is 10.2 Å². The van der Waals surface area contributed by atoms with Gasteiger partial charge >= 0.3 is 0 Å². The van der Waals surface area contributed by atoms with Crippen LogP contribution in [0.3, 0.4) is 0 Å². The predicted molar refractivity (Wildman–Crippen MR) is 96.6 cm³/mol. The van der Waals surface area contributed by atoms with Gasteiger partial charge in [-0.05, 0) is 30.4 Å². The van der Waals surface area contributed by atoms with E-state index in [0.29, 0.717) is 5.88 Å². The molecule has 1 aromatic carbocycles. The third-order valence-corrected chi connectivity index (χ3v) is 6.06. The highest BCUT2D eigenvalue weighted by Crippen LogP contribution is 2.40. The molecule has 1 aromatic rings. The minimum atomic E-state index is -0.504. The molecule has 22 heavy (non-hydrogen) atoms. The van der Waals surface area contributed by atoms with E-state index in [9.17, 15) is 4.79 Å². The van der Waals surface area contributed by atoms with Crippen LogP contribution in [0.5, 0.6) is 0 Å². The number of alkyl halides is 1. The standard InChI is InChI=1S/C18H26ClNOS/c1-17(2,3)14-8-6-13(7-9-14)15-20(10-11-22-15)16(21)18(4,5)12-19/h6-9,15H,10-12H2,1-5H3. The van der Waals surface area contributed by atoms with Gasteiger partial charge in [0, 0.05) is 18.2 Å². The van der Waals surface area contributed by atoms with Crippen LogP contribution >= 0.6 is 23.4 Å². The van der Waals surface area contributed by atoms with Crippen molar-refractivity contribution in [3.8, 4) is 0 Å². The van der Waals surface area contributed by atoms with Crippen molar-refractivity contribution in [2.24, 2.45) is 5.41 Å². The Bertz CT molecular complexity index is 533. The van der Waals surface area contributed by atoms with Crippen molar-refractivity contribution < 1.29 is 4.79 Å². The molecule has 1 amide bonds. The molecule has 0 radical (unpaired) electrons. The van der Waals surface area contributed by atoms with E-state index in [1.165, 1.54) is 11.1 Å². The average molecular weight is 340 g/mol. The fraction of sp³-hybridized carbons (Fsp3) is 0.611. The summed E-state index contributed by atoms with van der Waals surface area (Å²) in [7, 11) is 0. The minimum Gasteiger partial charge on any atom is -0.325 e. The lowest BCUT2D eigenvalue weighted by atomic mass is 9.86. The first-order chi connectivity index (χ1) is 10.2. The molecule has 0 aliphatic carbocycles. The van der Waals surface area contributed by atoms with E-state index in [-0.39, 0.29) is 16.7 Å². The third-order valence-electron chi connectivity index (χ3n) is 4.13. The van der Waals surface area contributed by atoms with Crippen molar-refractivity contribution in [2.45, 2.75) is 45.4 Å². The monoisotopic (exact) mass is 339 g/mol. The highest BCUT2D eigenvalue weighted by atomic mass is 35.5. The molecule has 0 N–H and O–H groups in total. The fourth-order valence-electron chi connectivity index (χ4n) is 2.55. The zero-order valence-corrected chi connectivity index (χ0v) is 15.7. The fourth-order valence-corrected chi connectivity index (χ4v) is 3.92. The van der Waals surface area contributed by atoms with E-state index in [1.54, 1.807) is 0 Å². The molecule has 2 nitrogen and oxygen atoms in total. The van der Waals surface area contributed by atoms with Gasteiger partial charge in [-0.3, -0.25) is 4.79 Å². The van der Waals surface area contributed by atoms with Crippen LogP contribution in [0.25, 0.3) is 0 Å². The van der Waals surface area contributed by atoms with E-state index in [4.69, 9.17) is 11.6 Å². The Morgan fingerprint density at radius 3 is 2.32 bits per heavy atom. The molecule has 1 unspecified atom stereocenters. The lowest BCUT2D eigenvalue weighted by Gasteiger charge is -2.31. The largest absolute Gasteiger partial charge is 0.325 e. The van der Waals surface area contributed by atoms with Crippen molar-refractivity contribution in [3.63, 3.8) is 0 Å². The summed E-state index contributed by atoms with van der Waals surface area (Å²) in [5, 5.41) is 0.115. The van der Waals surface area contributed by atoms with E-state index < -0.39 is 5.41 Å². The molecular formula is C18H26ClNOS. The summed E-state index contributed by atoms with van der Waals surface area (Å²) in [6.45, 7) is 11.3.